The van der Waals surface area contributed by atoms with Crippen LogP contribution in [0.25, 0.3) is 11.1 Å². The van der Waals surface area contributed by atoms with Crippen molar-refractivity contribution in [3.63, 3.8) is 0 Å². The van der Waals surface area contributed by atoms with Crippen molar-refractivity contribution >= 4 is 5.91 Å². The van der Waals surface area contributed by atoms with Gasteiger partial charge < -0.3 is 10.2 Å². The third-order valence-corrected chi connectivity index (χ3v) is 4.46. The third kappa shape index (κ3) is 3.83. The molecule has 1 amide bonds. The van der Waals surface area contributed by atoms with E-state index >= 15 is 0 Å². The van der Waals surface area contributed by atoms with Crippen LogP contribution in [-0.4, -0.2) is 56.0 Å². The number of benzene rings is 2. The lowest BCUT2D eigenvalue weighted by atomic mass is 9.98. The minimum atomic E-state index is 0.0675. The molecule has 2 aromatic rings. The summed E-state index contributed by atoms with van der Waals surface area (Å²) in [6.07, 6.45) is 0. The zero-order chi connectivity index (χ0) is 16.9. The van der Waals surface area contributed by atoms with Gasteiger partial charge in [-0.2, -0.15) is 0 Å². The summed E-state index contributed by atoms with van der Waals surface area (Å²) in [6, 6.07) is 16.5. The highest BCUT2D eigenvalue weighted by molar-refractivity contribution is 5.96. The van der Waals surface area contributed by atoms with Crippen LogP contribution in [-0.2, 0) is 6.54 Å². The second-order valence-electron chi connectivity index (χ2n) is 6.46. The van der Waals surface area contributed by atoms with Crippen LogP contribution >= 0.6 is 0 Å². The fraction of sp³-hybridized carbons (Fsp3) is 0.350. The molecular formula is C20H25N3O. The second kappa shape index (κ2) is 7.60. The lowest BCUT2D eigenvalue weighted by Gasteiger charge is -2.28. The van der Waals surface area contributed by atoms with Crippen molar-refractivity contribution in [2.24, 2.45) is 0 Å². The lowest BCUT2D eigenvalue weighted by molar-refractivity contribution is 0.0825. The second-order valence-corrected chi connectivity index (χ2v) is 6.46. The molecule has 0 aromatic heterocycles. The Kier molecular flexibility index (Phi) is 5.28. The summed E-state index contributed by atoms with van der Waals surface area (Å²) in [5.74, 6) is 0.0675. The summed E-state index contributed by atoms with van der Waals surface area (Å²) < 4.78 is 0. The van der Waals surface area contributed by atoms with E-state index in [1.807, 2.05) is 38.4 Å². The van der Waals surface area contributed by atoms with E-state index in [0.717, 1.165) is 55.0 Å². The average Bonchev–Trinajstić information content (AvgIpc) is 2.63. The average molecular weight is 323 g/mol. The fourth-order valence-corrected chi connectivity index (χ4v) is 3.07. The molecule has 4 heteroatoms. The van der Waals surface area contributed by atoms with Gasteiger partial charge in [-0.3, -0.25) is 9.69 Å². The molecule has 1 fully saturated rings. The molecule has 1 saturated heterocycles. The fourth-order valence-electron chi connectivity index (χ4n) is 3.07. The van der Waals surface area contributed by atoms with Crippen LogP contribution in [0.15, 0.2) is 48.5 Å². The maximum Gasteiger partial charge on any atom is 0.253 e. The van der Waals surface area contributed by atoms with Gasteiger partial charge in [0.25, 0.3) is 5.91 Å². The Morgan fingerprint density at radius 2 is 1.75 bits per heavy atom. The molecule has 1 aliphatic heterocycles. The van der Waals surface area contributed by atoms with E-state index < -0.39 is 0 Å². The maximum absolute atomic E-state index is 12.7. The van der Waals surface area contributed by atoms with Crippen molar-refractivity contribution in [1.82, 2.24) is 15.1 Å². The van der Waals surface area contributed by atoms with Crippen LogP contribution in [0.4, 0.5) is 0 Å². The first-order valence-electron chi connectivity index (χ1n) is 8.48. The molecule has 4 nitrogen and oxygen atoms in total. The Balaban J connectivity index is 1.93. The number of hydrogen-bond donors (Lipinski definition) is 1. The van der Waals surface area contributed by atoms with Gasteiger partial charge in [-0.15, -0.1) is 0 Å². The molecule has 0 spiro atoms. The standard InChI is InChI=1S/C20H25N3O/c1-22(2)20(24)19-14-17(16-6-4-3-5-7-16)8-9-18(19)15-23-12-10-21-11-13-23/h3-9,14,21H,10-13,15H2,1-2H3. The Hall–Kier alpha value is -2.17. The van der Waals surface area contributed by atoms with E-state index in [4.69, 9.17) is 0 Å². The molecule has 0 unspecified atom stereocenters. The highest BCUT2D eigenvalue weighted by Crippen LogP contribution is 2.24. The minimum absolute atomic E-state index is 0.0675. The van der Waals surface area contributed by atoms with Crippen LogP contribution in [0.3, 0.4) is 0 Å². The molecule has 2 aromatic carbocycles. The van der Waals surface area contributed by atoms with Crippen LogP contribution in [0.5, 0.6) is 0 Å². The maximum atomic E-state index is 12.7. The van der Waals surface area contributed by atoms with Crippen LogP contribution in [0.1, 0.15) is 15.9 Å². The lowest BCUT2D eigenvalue weighted by Crippen LogP contribution is -2.43. The first-order valence-corrected chi connectivity index (χ1v) is 8.48. The molecule has 1 heterocycles. The molecule has 0 saturated carbocycles. The van der Waals surface area contributed by atoms with Gasteiger partial charge in [0.1, 0.15) is 0 Å². The van der Waals surface area contributed by atoms with Crippen molar-refractivity contribution in [2.75, 3.05) is 40.3 Å². The highest BCUT2D eigenvalue weighted by Gasteiger charge is 2.18. The summed E-state index contributed by atoms with van der Waals surface area (Å²) in [5.41, 5.74) is 4.14. The van der Waals surface area contributed by atoms with Gasteiger partial charge in [-0.1, -0.05) is 42.5 Å². The number of amides is 1. The molecule has 1 N–H and O–H groups in total. The number of nitrogens with zero attached hydrogens (tertiary/aromatic N) is 2. The Morgan fingerprint density at radius 3 is 2.42 bits per heavy atom. The quantitative estimate of drug-likeness (QED) is 0.939. The van der Waals surface area contributed by atoms with Gasteiger partial charge in [-0.05, 0) is 22.8 Å². The first kappa shape index (κ1) is 16.7. The zero-order valence-electron chi connectivity index (χ0n) is 14.5. The van der Waals surface area contributed by atoms with Gasteiger partial charge in [0, 0.05) is 52.4 Å². The molecule has 0 aliphatic carbocycles. The van der Waals surface area contributed by atoms with Crippen LogP contribution in [0.2, 0.25) is 0 Å². The molecule has 0 radical (unpaired) electrons. The largest absolute Gasteiger partial charge is 0.345 e. The Labute approximate surface area is 144 Å². The van der Waals surface area contributed by atoms with Crippen LogP contribution in [0, 0.1) is 0 Å². The van der Waals surface area contributed by atoms with E-state index in [1.54, 1.807) is 4.90 Å². The monoisotopic (exact) mass is 323 g/mol. The van der Waals surface area contributed by atoms with Gasteiger partial charge in [0.15, 0.2) is 0 Å². The molecule has 126 valence electrons. The van der Waals surface area contributed by atoms with Gasteiger partial charge in [-0.25, -0.2) is 0 Å². The van der Waals surface area contributed by atoms with Gasteiger partial charge in [0.05, 0.1) is 0 Å². The number of rotatable bonds is 4. The van der Waals surface area contributed by atoms with Crippen molar-refractivity contribution in [1.29, 1.82) is 0 Å². The van der Waals surface area contributed by atoms with E-state index in [1.165, 1.54) is 0 Å². The first-order chi connectivity index (χ1) is 11.6. The van der Waals surface area contributed by atoms with Gasteiger partial charge in [0.2, 0.25) is 0 Å². The Bertz CT molecular complexity index is 691. The minimum Gasteiger partial charge on any atom is -0.345 e. The normalized spacial score (nSPS) is 15.2. The summed E-state index contributed by atoms with van der Waals surface area (Å²) >= 11 is 0. The predicted octanol–water partition coefficient (Wildman–Crippen LogP) is 2.46. The third-order valence-electron chi connectivity index (χ3n) is 4.46. The summed E-state index contributed by atoms with van der Waals surface area (Å²) in [5, 5.41) is 3.37. The van der Waals surface area contributed by atoms with E-state index in [-0.39, 0.29) is 5.91 Å². The number of nitrogens with one attached hydrogen (secondary N) is 1. The van der Waals surface area contributed by atoms with Crippen molar-refractivity contribution in [3.8, 4) is 11.1 Å². The highest BCUT2D eigenvalue weighted by atomic mass is 16.2. The molecule has 0 bridgehead atoms. The number of piperazine rings is 1. The van der Waals surface area contributed by atoms with Crippen LogP contribution < -0.4 is 5.32 Å². The summed E-state index contributed by atoms with van der Waals surface area (Å²) in [6.45, 7) is 4.90. The molecule has 24 heavy (non-hydrogen) atoms. The zero-order valence-corrected chi connectivity index (χ0v) is 14.5. The number of carbonyl (C=O) groups is 1. The summed E-state index contributed by atoms with van der Waals surface area (Å²) in [4.78, 5) is 16.7. The van der Waals surface area contributed by atoms with E-state index in [0.29, 0.717) is 0 Å². The van der Waals surface area contributed by atoms with Crippen molar-refractivity contribution in [2.45, 2.75) is 6.54 Å². The van der Waals surface area contributed by atoms with Gasteiger partial charge >= 0.3 is 0 Å². The molecule has 1 aliphatic rings. The topological polar surface area (TPSA) is 35.6 Å². The van der Waals surface area contributed by atoms with E-state index in [2.05, 4.69) is 34.5 Å². The van der Waals surface area contributed by atoms with Crippen molar-refractivity contribution < 1.29 is 4.79 Å². The van der Waals surface area contributed by atoms with E-state index in [9.17, 15) is 4.79 Å². The Morgan fingerprint density at radius 1 is 1.04 bits per heavy atom. The summed E-state index contributed by atoms with van der Waals surface area (Å²) in [7, 11) is 3.62. The molecule has 3 rings (SSSR count). The smallest absolute Gasteiger partial charge is 0.253 e. The number of carbonyl (C=O) groups excluding carboxylic acids is 1. The molecular weight excluding hydrogens is 298 g/mol. The molecule has 0 atom stereocenters. The van der Waals surface area contributed by atoms with Crippen molar-refractivity contribution in [3.05, 3.63) is 59.7 Å². The SMILES string of the molecule is CN(C)C(=O)c1cc(-c2ccccc2)ccc1CN1CCNCC1. The number of hydrogen-bond acceptors (Lipinski definition) is 3. The predicted molar refractivity (Wildman–Crippen MR) is 98.0 cm³/mol.